The molecule has 0 aliphatic carbocycles. The minimum Gasteiger partial charge on any atom is -0.369 e. The van der Waals surface area contributed by atoms with Gasteiger partial charge in [-0.25, -0.2) is 9.97 Å². The number of anilines is 1. The van der Waals surface area contributed by atoms with Gasteiger partial charge in [-0.3, -0.25) is 0 Å². The average Bonchev–Trinajstić information content (AvgIpc) is 2.66. The Labute approximate surface area is 97.2 Å². The first-order valence-electron chi connectivity index (χ1n) is 4.62. The molecule has 2 aromatic rings. The minimum atomic E-state index is 0.762. The van der Waals surface area contributed by atoms with Crippen molar-refractivity contribution in [2.24, 2.45) is 0 Å². The lowest BCUT2D eigenvalue weighted by atomic mass is 10.3. The van der Waals surface area contributed by atoms with Gasteiger partial charge in [0.25, 0.3) is 0 Å². The van der Waals surface area contributed by atoms with Crippen LogP contribution in [0.1, 0.15) is 6.92 Å². The second-order valence-corrected chi connectivity index (χ2v) is 4.60. The van der Waals surface area contributed by atoms with Gasteiger partial charge >= 0.3 is 0 Å². The Morgan fingerprint density at radius 2 is 2.13 bits per heavy atom. The summed E-state index contributed by atoms with van der Waals surface area (Å²) in [5, 5.41) is 3.17. The maximum Gasteiger partial charge on any atom is 0.153 e. The van der Waals surface area contributed by atoms with Crippen LogP contribution in [0.25, 0.3) is 10.6 Å². The van der Waals surface area contributed by atoms with E-state index in [-0.39, 0.29) is 0 Å². The molecule has 0 amide bonds. The van der Waals surface area contributed by atoms with Gasteiger partial charge in [0.2, 0.25) is 0 Å². The van der Waals surface area contributed by atoms with Crippen molar-refractivity contribution < 1.29 is 0 Å². The summed E-state index contributed by atoms with van der Waals surface area (Å²) in [5.74, 6) is 0.804. The predicted octanol–water partition coefficient (Wildman–Crippen LogP) is 3.29. The van der Waals surface area contributed by atoms with E-state index in [1.54, 1.807) is 12.4 Å². The van der Waals surface area contributed by atoms with Crippen molar-refractivity contribution in [3.8, 4) is 10.6 Å². The largest absolute Gasteiger partial charge is 0.369 e. The van der Waals surface area contributed by atoms with E-state index < -0.39 is 0 Å². The van der Waals surface area contributed by atoms with Crippen LogP contribution >= 0.6 is 22.9 Å². The molecule has 2 aromatic heterocycles. The van der Waals surface area contributed by atoms with E-state index >= 15 is 0 Å². The Balaban J connectivity index is 2.42. The fourth-order valence-corrected chi connectivity index (χ4v) is 2.30. The molecule has 0 saturated carbocycles. The highest BCUT2D eigenvalue weighted by Gasteiger charge is 2.08. The van der Waals surface area contributed by atoms with Crippen LogP contribution < -0.4 is 5.32 Å². The summed E-state index contributed by atoms with van der Waals surface area (Å²) in [6, 6.07) is 3.82. The molecule has 0 bridgehead atoms. The van der Waals surface area contributed by atoms with E-state index in [9.17, 15) is 0 Å². The third-order valence-corrected chi connectivity index (χ3v) is 3.09. The Morgan fingerprint density at radius 3 is 2.80 bits per heavy atom. The normalized spacial score (nSPS) is 10.3. The Bertz CT molecular complexity index is 455. The van der Waals surface area contributed by atoms with Gasteiger partial charge in [0.1, 0.15) is 5.69 Å². The van der Waals surface area contributed by atoms with Crippen molar-refractivity contribution >= 4 is 28.8 Å². The average molecular weight is 240 g/mol. The fraction of sp³-hybridized carbons (Fsp3) is 0.200. The molecule has 0 unspecified atom stereocenters. The highest BCUT2D eigenvalue weighted by Crippen LogP contribution is 2.32. The Hall–Kier alpha value is -1.13. The Morgan fingerprint density at radius 1 is 1.33 bits per heavy atom. The molecule has 2 heterocycles. The molecular formula is C10H10ClN3S. The first kappa shape index (κ1) is 10.4. The molecule has 0 aliphatic heterocycles. The number of halogens is 1. The smallest absolute Gasteiger partial charge is 0.153 e. The topological polar surface area (TPSA) is 37.8 Å². The lowest BCUT2D eigenvalue weighted by Crippen LogP contribution is -2.01. The number of hydrogen-bond acceptors (Lipinski definition) is 4. The van der Waals surface area contributed by atoms with Crippen molar-refractivity contribution in [1.82, 2.24) is 9.97 Å². The molecule has 0 fully saturated rings. The van der Waals surface area contributed by atoms with Crippen LogP contribution in [0.2, 0.25) is 4.34 Å². The summed E-state index contributed by atoms with van der Waals surface area (Å²) in [7, 11) is 0. The van der Waals surface area contributed by atoms with Gasteiger partial charge in [-0.1, -0.05) is 11.6 Å². The third kappa shape index (κ3) is 2.27. The number of nitrogens with one attached hydrogen (secondary N) is 1. The zero-order valence-corrected chi connectivity index (χ0v) is 9.77. The van der Waals surface area contributed by atoms with Gasteiger partial charge in [-0.15, -0.1) is 11.3 Å². The van der Waals surface area contributed by atoms with Gasteiger partial charge in [0, 0.05) is 18.9 Å². The van der Waals surface area contributed by atoms with Crippen LogP contribution in [0.5, 0.6) is 0 Å². The molecule has 0 saturated heterocycles. The molecule has 1 N–H and O–H groups in total. The molecule has 0 atom stereocenters. The molecule has 78 valence electrons. The lowest BCUT2D eigenvalue weighted by Gasteiger charge is -2.05. The second kappa shape index (κ2) is 4.59. The highest BCUT2D eigenvalue weighted by atomic mass is 35.5. The molecular weight excluding hydrogens is 230 g/mol. The monoisotopic (exact) mass is 239 g/mol. The van der Waals surface area contributed by atoms with E-state index in [0.29, 0.717) is 0 Å². The fourth-order valence-electron chi connectivity index (χ4n) is 1.26. The molecule has 5 heteroatoms. The minimum absolute atomic E-state index is 0.762. The van der Waals surface area contributed by atoms with Crippen LogP contribution in [0, 0.1) is 0 Å². The Kier molecular flexibility index (Phi) is 3.18. The molecule has 0 aliphatic rings. The van der Waals surface area contributed by atoms with E-state index in [2.05, 4.69) is 15.3 Å². The maximum absolute atomic E-state index is 5.89. The van der Waals surface area contributed by atoms with Crippen molar-refractivity contribution in [2.45, 2.75) is 6.92 Å². The van der Waals surface area contributed by atoms with E-state index in [1.807, 2.05) is 19.1 Å². The molecule has 0 spiro atoms. The summed E-state index contributed by atoms with van der Waals surface area (Å²) in [6.45, 7) is 2.85. The number of aromatic nitrogens is 2. The van der Waals surface area contributed by atoms with Crippen LogP contribution in [0.15, 0.2) is 24.5 Å². The van der Waals surface area contributed by atoms with Crippen molar-refractivity contribution in [1.29, 1.82) is 0 Å². The lowest BCUT2D eigenvalue weighted by molar-refractivity contribution is 1.13. The van der Waals surface area contributed by atoms with E-state index in [0.717, 1.165) is 27.3 Å². The molecule has 15 heavy (non-hydrogen) atoms. The van der Waals surface area contributed by atoms with Crippen LogP contribution in [0.3, 0.4) is 0 Å². The number of nitrogens with zero attached hydrogens (tertiary/aromatic N) is 2. The standard InChI is InChI=1S/C10H10ClN3S/c1-2-12-10-9(13-5-6-14-10)7-3-4-8(11)15-7/h3-6H,2H2,1H3,(H,12,14). The van der Waals surface area contributed by atoms with E-state index in [4.69, 9.17) is 11.6 Å². The highest BCUT2D eigenvalue weighted by molar-refractivity contribution is 7.19. The molecule has 3 nitrogen and oxygen atoms in total. The van der Waals surface area contributed by atoms with Crippen LogP contribution in [-0.4, -0.2) is 16.5 Å². The zero-order chi connectivity index (χ0) is 10.7. The summed E-state index contributed by atoms with van der Waals surface area (Å²) in [4.78, 5) is 9.58. The zero-order valence-electron chi connectivity index (χ0n) is 8.20. The summed E-state index contributed by atoms with van der Waals surface area (Å²) >= 11 is 7.39. The van der Waals surface area contributed by atoms with Crippen molar-refractivity contribution in [3.63, 3.8) is 0 Å². The molecule has 2 rings (SSSR count). The predicted molar refractivity (Wildman–Crippen MR) is 64.5 cm³/mol. The van der Waals surface area contributed by atoms with Crippen LogP contribution in [0.4, 0.5) is 5.82 Å². The summed E-state index contributed by atoms with van der Waals surface area (Å²) in [6.07, 6.45) is 3.36. The van der Waals surface area contributed by atoms with Gasteiger partial charge in [-0.05, 0) is 19.1 Å². The summed E-state index contributed by atoms with van der Waals surface area (Å²) < 4.78 is 0.762. The van der Waals surface area contributed by atoms with Gasteiger partial charge < -0.3 is 5.32 Å². The van der Waals surface area contributed by atoms with Crippen molar-refractivity contribution in [2.75, 3.05) is 11.9 Å². The van der Waals surface area contributed by atoms with Gasteiger partial charge in [0.05, 0.1) is 9.21 Å². The van der Waals surface area contributed by atoms with Gasteiger partial charge in [0.15, 0.2) is 5.82 Å². The van der Waals surface area contributed by atoms with Gasteiger partial charge in [-0.2, -0.15) is 0 Å². The number of hydrogen-bond donors (Lipinski definition) is 1. The number of thiophene rings is 1. The molecule has 0 aromatic carbocycles. The summed E-state index contributed by atoms with van der Waals surface area (Å²) in [5.41, 5.74) is 0.858. The van der Waals surface area contributed by atoms with Crippen LogP contribution in [-0.2, 0) is 0 Å². The van der Waals surface area contributed by atoms with E-state index in [1.165, 1.54) is 11.3 Å². The first-order valence-corrected chi connectivity index (χ1v) is 5.81. The van der Waals surface area contributed by atoms with Crippen molar-refractivity contribution in [3.05, 3.63) is 28.9 Å². The third-order valence-electron chi connectivity index (χ3n) is 1.85. The first-order chi connectivity index (χ1) is 7.31. The maximum atomic E-state index is 5.89. The number of rotatable bonds is 3. The SMILES string of the molecule is CCNc1nccnc1-c1ccc(Cl)s1. The second-order valence-electron chi connectivity index (χ2n) is 2.89. The molecule has 0 radical (unpaired) electrons. The quantitative estimate of drug-likeness (QED) is 0.893.